The molecule has 1 atom stereocenters. The summed E-state index contributed by atoms with van der Waals surface area (Å²) in [6.07, 6.45) is 2.22. The summed E-state index contributed by atoms with van der Waals surface area (Å²) in [5.74, 6) is 0. The molecule has 0 aromatic heterocycles. The van der Waals surface area contributed by atoms with Crippen molar-refractivity contribution in [3.05, 3.63) is 6.54 Å². The van der Waals surface area contributed by atoms with Gasteiger partial charge in [0, 0.05) is 6.04 Å². The van der Waals surface area contributed by atoms with Crippen LogP contribution in [0.1, 0.15) is 19.8 Å². The molecule has 0 heterocycles. The average Bonchev–Trinajstić information content (AvgIpc) is 2.41. The van der Waals surface area contributed by atoms with Crippen LogP contribution in [-0.4, -0.2) is 17.3 Å². The topological polar surface area (TPSA) is 32.3 Å². The molecule has 8 heavy (non-hydrogen) atoms. The van der Waals surface area contributed by atoms with Crippen molar-refractivity contribution in [2.75, 3.05) is 0 Å². The van der Waals surface area contributed by atoms with Gasteiger partial charge in [0.05, 0.1) is 12.6 Å². The summed E-state index contributed by atoms with van der Waals surface area (Å²) in [4.78, 5) is 0. The van der Waals surface area contributed by atoms with Crippen LogP contribution in [-0.2, 0) is 0 Å². The van der Waals surface area contributed by atoms with Crippen molar-refractivity contribution < 1.29 is 5.11 Å². The van der Waals surface area contributed by atoms with Crippen LogP contribution in [0.2, 0.25) is 0 Å². The van der Waals surface area contributed by atoms with Gasteiger partial charge in [-0.1, -0.05) is 0 Å². The average molecular weight is 114 g/mol. The van der Waals surface area contributed by atoms with Crippen LogP contribution in [0, 0.1) is 6.54 Å². The Bertz CT molecular complexity index is 66.9. The summed E-state index contributed by atoms with van der Waals surface area (Å²) in [6.45, 7) is 3.48. The molecule has 0 spiro atoms. The third kappa shape index (κ3) is 2.28. The molecule has 1 fully saturated rings. The molecule has 1 radical (unpaired) electrons. The maximum absolute atomic E-state index is 8.71. The minimum Gasteiger partial charge on any atom is -0.392 e. The second kappa shape index (κ2) is 2.46. The van der Waals surface area contributed by atoms with Gasteiger partial charge in [0.25, 0.3) is 0 Å². The van der Waals surface area contributed by atoms with E-state index < -0.39 is 0 Å². The van der Waals surface area contributed by atoms with Crippen LogP contribution in [0.15, 0.2) is 0 Å². The van der Waals surface area contributed by atoms with Crippen LogP contribution in [0.25, 0.3) is 0 Å². The lowest BCUT2D eigenvalue weighted by Gasteiger charge is -2.02. The largest absolute Gasteiger partial charge is 0.392 e. The van der Waals surface area contributed by atoms with Gasteiger partial charge in [-0.25, -0.2) is 0 Å². The molecule has 0 aromatic carbocycles. The molecule has 47 valence electrons. The van der Waals surface area contributed by atoms with Crippen LogP contribution in [0.3, 0.4) is 0 Å². The van der Waals surface area contributed by atoms with E-state index in [1.54, 1.807) is 13.5 Å². The van der Waals surface area contributed by atoms with Gasteiger partial charge in [0.2, 0.25) is 0 Å². The van der Waals surface area contributed by atoms with E-state index >= 15 is 0 Å². The molecule has 1 unspecified atom stereocenters. The van der Waals surface area contributed by atoms with Crippen molar-refractivity contribution in [1.29, 1.82) is 0 Å². The number of aliphatic hydroxyl groups is 1. The van der Waals surface area contributed by atoms with Crippen molar-refractivity contribution in [3.63, 3.8) is 0 Å². The molecular weight excluding hydrogens is 102 g/mol. The Labute approximate surface area is 49.9 Å². The highest BCUT2D eigenvalue weighted by atomic mass is 16.3. The van der Waals surface area contributed by atoms with E-state index in [0.29, 0.717) is 6.04 Å². The second-order valence-electron chi connectivity index (χ2n) is 2.35. The highest BCUT2D eigenvalue weighted by molar-refractivity contribution is 4.85. The summed E-state index contributed by atoms with van der Waals surface area (Å²) in [6, 6.07) is 0.671. The van der Waals surface area contributed by atoms with E-state index in [1.807, 2.05) is 0 Å². The number of nitrogens with one attached hydrogen (secondary N) is 1. The Balaban J connectivity index is 1.87. The molecule has 1 aliphatic carbocycles. The molecule has 0 bridgehead atoms. The SMILES string of the molecule is CC(O)[CH]NC1CC1. The zero-order chi connectivity index (χ0) is 5.98. The number of hydrogen-bond donors (Lipinski definition) is 2. The molecule has 1 aliphatic rings. The summed E-state index contributed by atoms with van der Waals surface area (Å²) in [7, 11) is 0. The summed E-state index contributed by atoms with van der Waals surface area (Å²) < 4.78 is 0. The number of aliphatic hydroxyl groups excluding tert-OH is 1. The first-order valence-electron chi connectivity index (χ1n) is 3.06. The maximum atomic E-state index is 8.71. The van der Waals surface area contributed by atoms with Crippen LogP contribution >= 0.6 is 0 Å². The lowest BCUT2D eigenvalue weighted by Crippen LogP contribution is -2.19. The molecule has 1 rings (SSSR count). The van der Waals surface area contributed by atoms with E-state index in [9.17, 15) is 0 Å². The third-order valence-corrected chi connectivity index (χ3v) is 1.15. The standard InChI is InChI=1S/C6H12NO/c1-5(8)4-7-6-2-3-6/h4-8H,2-3H2,1H3. The molecule has 0 aliphatic heterocycles. The molecule has 1 saturated carbocycles. The van der Waals surface area contributed by atoms with E-state index in [4.69, 9.17) is 5.11 Å². The third-order valence-electron chi connectivity index (χ3n) is 1.15. The quantitative estimate of drug-likeness (QED) is 0.552. The Hall–Kier alpha value is -0.0800. The van der Waals surface area contributed by atoms with Crippen molar-refractivity contribution in [3.8, 4) is 0 Å². The summed E-state index contributed by atoms with van der Waals surface area (Å²) >= 11 is 0. The minimum absolute atomic E-state index is 0.310. The Kier molecular flexibility index (Phi) is 1.86. The highest BCUT2D eigenvalue weighted by Gasteiger charge is 2.20. The van der Waals surface area contributed by atoms with Gasteiger partial charge in [-0.3, -0.25) is 0 Å². The normalized spacial score (nSPS) is 23.2. The summed E-state index contributed by atoms with van der Waals surface area (Å²) in [5.41, 5.74) is 0. The van der Waals surface area contributed by atoms with Crippen molar-refractivity contribution in [2.24, 2.45) is 0 Å². The van der Waals surface area contributed by atoms with Gasteiger partial charge < -0.3 is 10.4 Å². The molecule has 2 heteroatoms. The predicted molar refractivity (Wildman–Crippen MR) is 32.1 cm³/mol. The molecule has 0 saturated heterocycles. The zero-order valence-electron chi connectivity index (χ0n) is 5.09. The van der Waals surface area contributed by atoms with Gasteiger partial charge in [0.1, 0.15) is 0 Å². The predicted octanol–water partition coefficient (Wildman–Crippen LogP) is 0.281. The monoisotopic (exact) mass is 114 g/mol. The molecule has 0 aromatic rings. The Morgan fingerprint density at radius 2 is 2.38 bits per heavy atom. The first-order valence-corrected chi connectivity index (χ1v) is 3.06. The van der Waals surface area contributed by atoms with Crippen LogP contribution in [0.4, 0.5) is 0 Å². The van der Waals surface area contributed by atoms with E-state index in [1.165, 1.54) is 12.8 Å². The Morgan fingerprint density at radius 1 is 1.75 bits per heavy atom. The lowest BCUT2D eigenvalue weighted by molar-refractivity contribution is 0.217. The van der Waals surface area contributed by atoms with E-state index in [0.717, 1.165) is 0 Å². The fraction of sp³-hybridized carbons (Fsp3) is 0.833. The zero-order valence-corrected chi connectivity index (χ0v) is 5.09. The van der Waals surface area contributed by atoms with Crippen molar-refractivity contribution >= 4 is 0 Å². The van der Waals surface area contributed by atoms with Crippen molar-refractivity contribution in [1.82, 2.24) is 5.32 Å². The fourth-order valence-corrected chi connectivity index (χ4v) is 0.525. The number of hydrogen-bond acceptors (Lipinski definition) is 2. The first kappa shape index (κ1) is 6.05. The first-order chi connectivity index (χ1) is 3.79. The van der Waals surface area contributed by atoms with E-state index in [2.05, 4.69) is 5.32 Å². The lowest BCUT2D eigenvalue weighted by atomic mass is 10.4. The smallest absolute Gasteiger partial charge is 0.0681 e. The molecule has 2 nitrogen and oxygen atoms in total. The van der Waals surface area contributed by atoms with Crippen LogP contribution < -0.4 is 5.32 Å². The van der Waals surface area contributed by atoms with E-state index in [-0.39, 0.29) is 6.10 Å². The van der Waals surface area contributed by atoms with Gasteiger partial charge in [-0.2, -0.15) is 0 Å². The molecule has 0 amide bonds. The minimum atomic E-state index is -0.310. The molecular formula is C6H12NO. The summed E-state index contributed by atoms with van der Waals surface area (Å²) in [5, 5.41) is 11.8. The Morgan fingerprint density at radius 3 is 2.75 bits per heavy atom. The van der Waals surface area contributed by atoms with Gasteiger partial charge in [-0.05, 0) is 19.8 Å². The van der Waals surface area contributed by atoms with Gasteiger partial charge in [-0.15, -0.1) is 0 Å². The van der Waals surface area contributed by atoms with Crippen LogP contribution in [0.5, 0.6) is 0 Å². The van der Waals surface area contributed by atoms with Crippen molar-refractivity contribution in [2.45, 2.75) is 31.9 Å². The maximum Gasteiger partial charge on any atom is 0.0681 e. The fourth-order valence-electron chi connectivity index (χ4n) is 0.525. The highest BCUT2D eigenvalue weighted by Crippen LogP contribution is 2.18. The second-order valence-corrected chi connectivity index (χ2v) is 2.35. The van der Waals surface area contributed by atoms with Gasteiger partial charge in [0.15, 0.2) is 0 Å². The molecule has 2 N–H and O–H groups in total. The number of rotatable bonds is 3. The van der Waals surface area contributed by atoms with Gasteiger partial charge >= 0.3 is 0 Å².